The van der Waals surface area contributed by atoms with Crippen LogP contribution in [0.1, 0.15) is 16.4 Å². The Morgan fingerprint density at radius 2 is 1.60 bits per heavy atom. The quantitative estimate of drug-likeness (QED) is 0.231. The fourth-order valence-electron chi connectivity index (χ4n) is 5.74. The van der Waals surface area contributed by atoms with Crippen molar-refractivity contribution in [3.05, 3.63) is 122 Å². The van der Waals surface area contributed by atoms with E-state index in [1.54, 1.807) is 42.5 Å². The average Bonchev–Trinajstić information content (AvgIpc) is 3.44. The molecular formula is C32H21ClFN3O4S2. The van der Waals surface area contributed by atoms with Crippen LogP contribution in [-0.4, -0.2) is 27.5 Å². The molecule has 7 rings (SSSR count). The number of carbonyl (C=O) groups is 3. The number of thiazole rings is 1. The van der Waals surface area contributed by atoms with E-state index in [9.17, 15) is 23.6 Å². The number of hydrogen-bond acceptors (Lipinski definition) is 6. The molecule has 43 heavy (non-hydrogen) atoms. The van der Waals surface area contributed by atoms with Gasteiger partial charge in [-0.15, -0.1) is 0 Å². The number of thioether (sulfide) groups is 1. The molecule has 3 amide bonds. The van der Waals surface area contributed by atoms with Gasteiger partial charge in [-0.25, -0.2) is 9.29 Å². The molecule has 4 aromatic carbocycles. The van der Waals surface area contributed by atoms with E-state index in [0.717, 1.165) is 38.8 Å². The molecule has 1 N–H and O–H groups in total. The van der Waals surface area contributed by atoms with Gasteiger partial charge >= 0.3 is 4.87 Å². The van der Waals surface area contributed by atoms with E-state index in [-0.39, 0.29) is 11.4 Å². The molecule has 0 saturated carbocycles. The predicted octanol–water partition coefficient (Wildman–Crippen LogP) is 6.29. The van der Waals surface area contributed by atoms with Gasteiger partial charge in [0.2, 0.25) is 17.7 Å². The lowest BCUT2D eigenvalue weighted by Gasteiger charge is -2.30. The van der Waals surface area contributed by atoms with Crippen LogP contribution >= 0.6 is 34.7 Å². The van der Waals surface area contributed by atoms with Crippen LogP contribution in [0.2, 0.25) is 5.02 Å². The van der Waals surface area contributed by atoms with Gasteiger partial charge in [0.15, 0.2) is 0 Å². The number of rotatable bonds is 5. The SMILES string of the molecule is O=C(Cn1c2c(sc1=O)[C@@H](c1ccc(F)cc1)[C@@H]1C(=O)N(c3ccc(Cl)cc3)C(=O)[C@@H]1S2)Nc1ccc2ccccc2c1. The highest BCUT2D eigenvalue weighted by Gasteiger charge is 2.56. The molecule has 0 spiro atoms. The number of hydrogen-bond donors (Lipinski definition) is 1. The molecule has 1 aromatic heterocycles. The van der Waals surface area contributed by atoms with Crippen LogP contribution in [0.5, 0.6) is 0 Å². The second kappa shape index (κ2) is 10.8. The lowest BCUT2D eigenvalue weighted by molar-refractivity contribution is -0.122. The summed E-state index contributed by atoms with van der Waals surface area (Å²) in [5, 5.41) is 4.93. The van der Waals surface area contributed by atoms with Gasteiger partial charge in [-0.3, -0.25) is 23.7 Å². The second-order valence-corrected chi connectivity index (χ2v) is 12.9. The summed E-state index contributed by atoms with van der Waals surface area (Å²) >= 11 is 8.10. The van der Waals surface area contributed by atoms with Crippen LogP contribution in [-0.2, 0) is 20.9 Å². The molecule has 1 saturated heterocycles. The highest BCUT2D eigenvalue weighted by Crippen LogP contribution is 2.53. The summed E-state index contributed by atoms with van der Waals surface area (Å²) in [5.41, 5.74) is 1.58. The lowest BCUT2D eigenvalue weighted by Crippen LogP contribution is -2.33. The molecule has 2 aliphatic rings. The Morgan fingerprint density at radius 3 is 2.35 bits per heavy atom. The van der Waals surface area contributed by atoms with Crippen molar-refractivity contribution in [2.24, 2.45) is 5.92 Å². The second-order valence-electron chi connectivity index (χ2n) is 10.3. The molecule has 5 aromatic rings. The number of anilines is 2. The maximum absolute atomic E-state index is 13.9. The van der Waals surface area contributed by atoms with Crippen LogP contribution in [0.3, 0.4) is 0 Å². The number of nitrogens with zero attached hydrogens (tertiary/aromatic N) is 2. The van der Waals surface area contributed by atoms with Crippen molar-refractivity contribution in [1.29, 1.82) is 0 Å². The maximum atomic E-state index is 13.9. The normalized spacial score (nSPS) is 19.4. The summed E-state index contributed by atoms with van der Waals surface area (Å²) in [7, 11) is 0. The fourth-order valence-corrected chi connectivity index (χ4v) is 8.64. The summed E-state index contributed by atoms with van der Waals surface area (Å²) in [6.45, 7) is -0.277. The first-order chi connectivity index (χ1) is 20.8. The van der Waals surface area contributed by atoms with E-state index < -0.39 is 40.6 Å². The number of carbonyl (C=O) groups excluding carboxylic acids is 3. The predicted molar refractivity (Wildman–Crippen MR) is 166 cm³/mol. The van der Waals surface area contributed by atoms with Crippen molar-refractivity contribution < 1.29 is 18.8 Å². The zero-order valence-electron chi connectivity index (χ0n) is 22.2. The molecule has 11 heteroatoms. The molecule has 3 atom stereocenters. The third-order valence-corrected chi connectivity index (χ3v) is 10.6. The van der Waals surface area contributed by atoms with E-state index >= 15 is 0 Å². The van der Waals surface area contributed by atoms with E-state index in [4.69, 9.17) is 11.6 Å². The minimum Gasteiger partial charge on any atom is -0.325 e. The van der Waals surface area contributed by atoms with E-state index in [1.807, 2.05) is 36.4 Å². The molecule has 0 unspecified atom stereocenters. The number of imide groups is 1. The number of nitrogens with one attached hydrogen (secondary N) is 1. The first kappa shape index (κ1) is 27.6. The van der Waals surface area contributed by atoms with Crippen molar-refractivity contribution in [3.63, 3.8) is 0 Å². The van der Waals surface area contributed by atoms with Crippen LogP contribution in [0.4, 0.5) is 15.8 Å². The van der Waals surface area contributed by atoms with Crippen LogP contribution in [0, 0.1) is 11.7 Å². The highest BCUT2D eigenvalue weighted by molar-refractivity contribution is 8.00. The molecule has 2 aliphatic heterocycles. The average molecular weight is 630 g/mol. The first-order valence-corrected chi connectivity index (χ1v) is 15.4. The summed E-state index contributed by atoms with van der Waals surface area (Å²) in [5.74, 6) is -3.20. The Bertz CT molecular complexity index is 1990. The topological polar surface area (TPSA) is 88.5 Å². The smallest absolute Gasteiger partial charge is 0.308 e. The molecule has 0 bridgehead atoms. The summed E-state index contributed by atoms with van der Waals surface area (Å²) in [6.07, 6.45) is 0. The Labute approximate surface area is 257 Å². The van der Waals surface area contributed by atoms with E-state index in [1.165, 1.54) is 16.7 Å². The van der Waals surface area contributed by atoms with Crippen molar-refractivity contribution in [1.82, 2.24) is 4.57 Å². The number of halogens is 2. The van der Waals surface area contributed by atoms with Crippen molar-refractivity contribution >= 4 is 74.6 Å². The Hall–Kier alpha value is -4.25. The first-order valence-electron chi connectivity index (χ1n) is 13.4. The number of benzene rings is 4. The van der Waals surface area contributed by atoms with Gasteiger partial charge in [0.25, 0.3) is 0 Å². The van der Waals surface area contributed by atoms with Crippen LogP contribution < -0.4 is 15.1 Å². The summed E-state index contributed by atoms with van der Waals surface area (Å²) in [6, 6.07) is 25.5. The van der Waals surface area contributed by atoms with Crippen molar-refractivity contribution in [2.45, 2.75) is 22.7 Å². The van der Waals surface area contributed by atoms with Gasteiger partial charge < -0.3 is 5.32 Å². The number of fused-ring (bicyclic) bond motifs is 3. The fraction of sp³-hybridized carbons (Fsp3) is 0.125. The maximum Gasteiger partial charge on any atom is 0.308 e. The van der Waals surface area contributed by atoms with Gasteiger partial charge in [0.1, 0.15) is 17.6 Å². The monoisotopic (exact) mass is 629 g/mol. The minimum absolute atomic E-state index is 0.277. The largest absolute Gasteiger partial charge is 0.325 e. The molecule has 214 valence electrons. The number of amides is 3. The highest BCUT2D eigenvalue weighted by atomic mass is 35.5. The Morgan fingerprint density at radius 1 is 0.884 bits per heavy atom. The van der Waals surface area contributed by atoms with Gasteiger partial charge in [-0.1, -0.05) is 77.2 Å². The third-order valence-electron chi connectivity index (χ3n) is 7.70. The van der Waals surface area contributed by atoms with Crippen LogP contribution in [0.15, 0.2) is 101 Å². The standard InChI is InChI=1S/C32H21ClFN3O4S2/c33-20-8-13-23(14-9-20)37-29(39)26-25(18-5-10-21(34)11-6-18)28-31(42-27(26)30(37)40)36(32(41)43-28)16-24(38)35-22-12-7-17-3-1-2-4-19(17)15-22/h1-15,25-27H,16H2,(H,35,38)/t25-,26-,27+/m0/s1. The Kier molecular flexibility index (Phi) is 6.92. The van der Waals surface area contributed by atoms with Crippen LogP contribution in [0.25, 0.3) is 10.8 Å². The summed E-state index contributed by atoms with van der Waals surface area (Å²) in [4.78, 5) is 55.6. The lowest BCUT2D eigenvalue weighted by atomic mass is 9.83. The van der Waals surface area contributed by atoms with E-state index in [2.05, 4.69) is 5.32 Å². The van der Waals surface area contributed by atoms with E-state index in [0.29, 0.717) is 31.9 Å². The molecular weight excluding hydrogens is 609 g/mol. The molecule has 7 nitrogen and oxygen atoms in total. The van der Waals surface area contributed by atoms with Gasteiger partial charge in [-0.05, 0) is 64.9 Å². The zero-order valence-corrected chi connectivity index (χ0v) is 24.6. The van der Waals surface area contributed by atoms with Crippen molar-refractivity contribution in [3.8, 4) is 0 Å². The third kappa shape index (κ3) is 4.85. The zero-order chi connectivity index (χ0) is 29.8. The molecule has 1 fully saturated rings. The van der Waals surface area contributed by atoms with Crippen molar-refractivity contribution in [2.75, 3.05) is 10.2 Å². The molecule has 0 radical (unpaired) electrons. The minimum atomic E-state index is -0.852. The number of aromatic nitrogens is 1. The Balaban J connectivity index is 1.26. The van der Waals surface area contributed by atoms with Gasteiger partial charge in [-0.2, -0.15) is 0 Å². The van der Waals surface area contributed by atoms with Gasteiger partial charge in [0, 0.05) is 21.5 Å². The molecule has 3 heterocycles. The molecule has 0 aliphatic carbocycles. The van der Waals surface area contributed by atoms with Gasteiger partial charge in [0.05, 0.1) is 16.6 Å². The summed E-state index contributed by atoms with van der Waals surface area (Å²) < 4.78 is 15.3.